The van der Waals surface area contributed by atoms with Gasteiger partial charge in [0.25, 0.3) is 5.69 Å². The fraction of sp³-hybridized carbons (Fsp3) is 0.471. The maximum absolute atomic E-state index is 12.9. The van der Waals surface area contributed by atoms with Gasteiger partial charge in [0.2, 0.25) is 21.1 Å². The fourth-order valence-corrected chi connectivity index (χ4v) is 5.62. The summed E-state index contributed by atoms with van der Waals surface area (Å²) in [7, 11) is -3.93. The molecule has 164 valence electrons. The zero-order valence-corrected chi connectivity index (χ0v) is 19.4. The largest absolute Gasteiger partial charge is 0.299 e. The lowest BCUT2D eigenvalue weighted by Gasteiger charge is -2.30. The molecule has 0 saturated carbocycles. The summed E-state index contributed by atoms with van der Waals surface area (Å²) in [4.78, 5) is 23.5. The molecule has 2 rings (SSSR count). The Balaban J connectivity index is 2.38. The van der Waals surface area contributed by atoms with Crippen LogP contribution < -0.4 is 9.62 Å². The number of benzene rings is 1. The molecule has 13 heteroatoms. The number of nitro groups is 1. The van der Waals surface area contributed by atoms with Gasteiger partial charge in [0.15, 0.2) is 4.34 Å². The molecule has 10 nitrogen and oxygen atoms in total. The van der Waals surface area contributed by atoms with Gasteiger partial charge in [-0.05, 0) is 25.3 Å². The van der Waals surface area contributed by atoms with E-state index in [2.05, 4.69) is 15.5 Å². The number of aryl methyl sites for hydroxylation is 1. The molecular formula is C17H23N5O5S3. The van der Waals surface area contributed by atoms with Crippen LogP contribution in [0, 0.1) is 17.0 Å². The second-order valence-electron chi connectivity index (χ2n) is 6.42. The third kappa shape index (κ3) is 5.89. The highest BCUT2D eigenvalue weighted by Crippen LogP contribution is 2.31. The molecule has 2 aromatic rings. The van der Waals surface area contributed by atoms with Gasteiger partial charge < -0.3 is 0 Å². The van der Waals surface area contributed by atoms with Crippen molar-refractivity contribution in [3.63, 3.8) is 0 Å². The Morgan fingerprint density at radius 3 is 2.63 bits per heavy atom. The minimum absolute atomic E-state index is 0.0881. The smallest absolute Gasteiger partial charge is 0.271 e. The predicted octanol–water partition coefficient (Wildman–Crippen LogP) is 3.44. The van der Waals surface area contributed by atoms with Crippen molar-refractivity contribution in [2.24, 2.45) is 0 Å². The van der Waals surface area contributed by atoms with Gasteiger partial charge in [-0.15, -0.1) is 10.2 Å². The molecule has 0 radical (unpaired) electrons. The van der Waals surface area contributed by atoms with Crippen LogP contribution in [0.3, 0.4) is 0 Å². The van der Waals surface area contributed by atoms with Crippen molar-refractivity contribution in [1.29, 1.82) is 0 Å². The maximum atomic E-state index is 12.9. The lowest BCUT2D eigenvalue weighted by atomic mass is 10.1. The Labute approximate surface area is 183 Å². The number of amides is 1. The van der Waals surface area contributed by atoms with E-state index in [1.807, 2.05) is 6.92 Å². The lowest BCUT2D eigenvalue weighted by Crippen LogP contribution is -2.47. The van der Waals surface area contributed by atoms with E-state index in [0.717, 1.165) is 28.8 Å². The van der Waals surface area contributed by atoms with Gasteiger partial charge in [-0.25, -0.2) is 8.42 Å². The second kappa shape index (κ2) is 10.2. The predicted molar refractivity (Wildman–Crippen MR) is 119 cm³/mol. The van der Waals surface area contributed by atoms with Crippen molar-refractivity contribution in [1.82, 2.24) is 10.2 Å². The summed E-state index contributed by atoms with van der Waals surface area (Å²) < 4.78 is 26.8. The number of nitrogens with zero attached hydrogens (tertiary/aromatic N) is 4. The zero-order chi connectivity index (χ0) is 22.5. The van der Waals surface area contributed by atoms with E-state index >= 15 is 0 Å². The Bertz CT molecular complexity index is 1020. The topological polar surface area (TPSA) is 135 Å². The Hall–Kier alpha value is -2.25. The zero-order valence-electron chi connectivity index (χ0n) is 17.0. The standard InChI is InChI=1S/C17H23N5O5S3/c1-5-9-28-17-20-19-16(29-17)18-15(23)13(6-2)21(30(4,26)27)14-10-12(22(24)25)8-7-11(14)3/h7-8,10,13H,5-6,9H2,1-4H3,(H,18,19,23)/t13-/m0/s1. The van der Waals surface area contributed by atoms with Crippen molar-refractivity contribution < 1.29 is 18.1 Å². The molecule has 0 aliphatic carbocycles. The van der Waals surface area contributed by atoms with E-state index in [1.54, 1.807) is 13.8 Å². The molecule has 1 aromatic heterocycles. The van der Waals surface area contributed by atoms with Gasteiger partial charge in [0.1, 0.15) is 6.04 Å². The first-order valence-electron chi connectivity index (χ1n) is 9.10. The molecule has 0 bridgehead atoms. The molecule has 1 atom stereocenters. The van der Waals surface area contributed by atoms with E-state index in [0.29, 0.717) is 9.90 Å². The van der Waals surface area contributed by atoms with E-state index < -0.39 is 26.9 Å². The normalized spacial score (nSPS) is 12.4. The van der Waals surface area contributed by atoms with E-state index in [9.17, 15) is 23.3 Å². The van der Waals surface area contributed by atoms with Crippen LogP contribution >= 0.6 is 23.1 Å². The molecule has 0 saturated heterocycles. The molecule has 0 fully saturated rings. The van der Waals surface area contributed by atoms with E-state index in [1.165, 1.54) is 35.2 Å². The van der Waals surface area contributed by atoms with Crippen molar-refractivity contribution >= 4 is 55.5 Å². The van der Waals surface area contributed by atoms with Crippen LogP contribution in [0.25, 0.3) is 0 Å². The molecular weight excluding hydrogens is 450 g/mol. The van der Waals surface area contributed by atoms with Crippen molar-refractivity contribution in [2.45, 2.75) is 44.0 Å². The number of hydrogen-bond donors (Lipinski definition) is 1. The van der Waals surface area contributed by atoms with Gasteiger partial charge in [-0.2, -0.15) is 0 Å². The summed E-state index contributed by atoms with van der Waals surface area (Å²) in [6.45, 7) is 5.33. The number of aromatic nitrogens is 2. The minimum Gasteiger partial charge on any atom is -0.299 e. The molecule has 1 aromatic carbocycles. The number of thioether (sulfide) groups is 1. The summed E-state index contributed by atoms with van der Waals surface area (Å²) in [6.07, 6.45) is 2.08. The van der Waals surface area contributed by atoms with Crippen LogP contribution in [0.4, 0.5) is 16.5 Å². The second-order valence-corrected chi connectivity index (χ2v) is 10.6. The molecule has 1 N–H and O–H groups in total. The first-order chi connectivity index (χ1) is 14.1. The number of nitro benzene ring substituents is 1. The number of anilines is 2. The van der Waals surface area contributed by atoms with Crippen LogP contribution in [0.5, 0.6) is 0 Å². The monoisotopic (exact) mass is 473 g/mol. The molecule has 1 heterocycles. The van der Waals surface area contributed by atoms with Crippen LogP contribution in [0.1, 0.15) is 32.3 Å². The summed E-state index contributed by atoms with van der Waals surface area (Å²) in [5.74, 6) is 0.283. The van der Waals surface area contributed by atoms with Crippen LogP contribution in [0.2, 0.25) is 0 Å². The minimum atomic E-state index is -3.93. The number of non-ortho nitro benzene ring substituents is 1. The summed E-state index contributed by atoms with van der Waals surface area (Å²) in [5.41, 5.74) is 0.317. The van der Waals surface area contributed by atoms with Gasteiger partial charge >= 0.3 is 0 Å². The molecule has 0 aliphatic heterocycles. The quantitative estimate of drug-likeness (QED) is 0.240. The highest BCUT2D eigenvalue weighted by Gasteiger charge is 2.33. The Morgan fingerprint density at radius 2 is 2.07 bits per heavy atom. The number of hydrogen-bond acceptors (Lipinski definition) is 9. The van der Waals surface area contributed by atoms with Crippen molar-refractivity contribution in [2.75, 3.05) is 21.6 Å². The highest BCUT2D eigenvalue weighted by atomic mass is 32.2. The summed E-state index contributed by atoms with van der Waals surface area (Å²) >= 11 is 2.72. The number of sulfonamides is 1. The highest BCUT2D eigenvalue weighted by molar-refractivity contribution is 8.01. The number of nitrogens with one attached hydrogen (secondary N) is 1. The first-order valence-corrected chi connectivity index (χ1v) is 12.7. The first kappa shape index (κ1) is 24.0. The number of carbonyl (C=O) groups excluding carboxylic acids is 1. The number of carbonyl (C=O) groups is 1. The van der Waals surface area contributed by atoms with Gasteiger partial charge in [-0.3, -0.25) is 24.5 Å². The average Bonchev–Trinajstić information content (AvgIpc) is 3.11. The fourth-order valence-electron chi connectivity index (χ4n) is 2.68. The van der Waals surface area contributed by atoms with E-state index in [4.69, 9.17) is 0 Å². The van der Waals surface area contributed by atoms with Crippen LogP contribution in [-0.2, 0) is 14.8 Å². The average molecular weight is 474 g/mol. The van der Waals surface area contributed by atoms with Crippen molar-refractivity contribution in [3.05, 3.63) is 33.9 Å². The summed E-state index contributed by atoms with van der Waals surface area (Å²) in [5, 5.41) is 22.0. The van der Waals surface area contributed by atoms with Crippen molar-refractivity contribution in [3.8, 4) is 0 Å². The van der Waals surface area contributed by atoms with Crippen LogP contribution in [0.15, 0.2) is 22.5 Å². The lowest BCUT2D eigenvalue weighted by molar-refractivity contribution is -0.384. The third-order valence-corrected chi connectivity index (χ3v) is 7.38. The maximum Gasteiger partial charge on any atom is 0.271 e. The summed E-state index contributed by atoms with van der Waals surface area (Å²) in [6, 6.07) is 2.79. The molecule has 1 amide bonds. The SMILES string of the molecule is CCCSc1nnc(NC(=O)[C@H](CC)N(c2cc([N+](=O)[O-])ccc2C)S(C)(=O)=O)s1. The third-order valence-electron chi connectivity index (χ3n) is 4.04. The van der Waals surface area contributed by atoms with Gasteiger partial charge in [0.05, 0.1) is 16.9 Å². The molecule has 0 spiro atoms. The van der Waals surface area contributed by atoms with Gasteiger partial charge in [-0.1, -0.05) is 43.0 Å². The van der Waals surface area contributed by atoms with Crippen LogP contribution in [-0.4, -0.2) is 47.5 Å². The molecule has 0 aliphatic rings. The number of rotatable bonds is 10. The van der Waals surface area contributed by atoms with E-state index in [-0.39, 0.29) is 22.9 Å². The molecule has 0 unspecified atom stereocenters. The molecule has 30 heavy (non-hydrogen) atoms. The Kier molecular flexibility index (Phi) is 8.15. The Morgan fingerprint density at radius 1 is 1.37 bits per heavy atom. The van der Waals surface area contributed by atoms with Gasteiger partial charge in [0, 0.05) is 17.9 Å².